The van der Waals surface area contributed by atoms with Gasteiger partial charge in [0.25, 0.3) is 0 Å². The summed E-state index contributed by atoms with van der Waals surface area (Å²) in [6.45, 7) is 3.53. The molecule has 2 aromatic carbocycles. The molecule has 0 aliphatic heterocycles. The average Bonchev–Trinajstić information content (AvgIpc) is 2.85. The molecule has 34 heavy (non-hydrogen) atoms. The molecule has 0 aliphatic rings. The third-order valence-corrected chi connectivity index (χ3v) is 5.64. The van der Waals surface area contributed by atoms with Crippen LogP contribution >= 0.6 is 0 Å². The molecule has 3 rings (SSSR count). The Morgan fingerprint density at radius 2 is 1.94 bits per heavy atom. The number of hydrogen-bond acceptors (Lipinski definition) is 9. The molecule has 10 nitrogen and oxygen atoms in total. The maximum Gasteiger partial charge on any atom is 0.441 e. The van der Waals surface area contributed by atoms with Crippen molar-refractivity contribution < 1.29 is 18.8 Å². The van der Waals surface area contributed by atoms with Crippen LogP contribution < -0.4 is 10.6 Å². The fourth-order valence-electron chi connectivity index (χ4n) is 2.85. The Bertz CT molecular complexity index is 1270. The number of nitriles is 1. The summed E-state index contributed by atoms with van der Waals surface area (Å²) in [6.07, 6.45) is 0.783. The number of nitrogens with one attached hydrogen (secondary N) is 2. The molecule has 1 aromatic heterocycles. The zero-order valence-corrected chi connectivity index (χ0v) is 19.5. The van der Waals surface area contributed by atoms with Crippen LogP contribution in [0.15, 0.2) is 64.0 Å². The van der Waals surface area contributed by atoms with Gasteiger partial charge < -0.3 is 20.5 Å². The first-order valence-electron chi connectivity index (χ1n) is 10.4. The number of anilines is 3. The summed E-state index contributed by atoms with van der Waals surface area (Å²) >= 11 is 0. The molecule has 0 fully saturated rings. The van der Waals surface area contributed by atoms with Crippen molar-refractivity contribution in [3.05, 3.63) is 60.3 Å². The normalized spacial score (nSPS) is 12.4. The van der Waals surface area contributed by atoms with Gasteiger partial charge in [0, 0.05) is 28.4 Å². The molecule has 11 heteroatoms. The topological polar surface area (TPSA) is 150 Å². The molecule has 3 aromatic rings. The largest absolute Gasteiger partial charge is 0.448 e. The van der Waals surface area contributed by atoms with E-state index in [9.17, 15) is 14.1 Å². The SMILES string of the molecule is CCOC(=O)/N=[SH](=O)/c1ccc(Nc2ncc(-c3ccc(C#N)cc3)c(N[C@H](C)CO)n2)cc1. The van der Waals surface area contributed by atoms with Gasteiger partial charge in [-0.3, -0.25) is 0 Å². The van der Waals surface area contributed by atoms with Crippen LogP contribution in [-0.2, 0) is 15.3 Å². The summed E-state index contributed by atoms with van der Waals surface area (Å²) in [4.78, 5) is 20.7. The number of aliphatic hydroxyl groups is 1. The van der Waals surface area contributed by atoms with Crippen molar-refractivity contribution in [1.29, 1.82) is 5.26 Å². The van der Waals surface area contributed by atoms with Gasteiger partial charge in [-0.15, -0.1) is 4.36 Å². The van der Waals surface area contributed by atoms with E-state index in [0.29, 0.717) is 33.5 Å². The Labute approximate surface area is 198 Å². The number of carbonyl (C=O) groups is 1. The highest BCUT2D eigenvalue weighted by atomic mass is 32.2. The third kappa shape index (κ3) is 6.50. The molecule has 0 saturated carbocycles. The lowest BCUT2D eigenvalue weighted by Gasteiger charge is -2.16. The highest BCUT2D eigenvalue weighted by Crippen LogP contribution is 2.28. The van der Waals surface area contributed by atoms with E-state index in [4.69, 9.17) is 5.26 Å². The number of rotatable bonds is 8. The van der Waals surface area contributed by atoms with Crippen molar-refractivity contribution in [2.24, 2.45) is 4.36 Å². The van der Waals surface area contributed by atoms with Gasteiger partial charge in [0.2, 0.25) is 5.95 Å². The number of ether oxygens (including phenoxy) is 1. The van der Waals surface area contributed by atoms with Crippen LogP contribution in [0.5, 0.6) is 0 Å². The number of amides is 1. The van der Waals surface area contributed by atoms with Gasteiger partial charge in [-0.1, -0.05) is 12.1 Å². The molecular formula is C23H24N6O4S. The predicted octanol–water partition coefficient (Wildman–Crippen LogP) is 3.73. The molecular weight excluding hydrogens is 456 g/mol. The van der Waals surface area contributed by atoms with Crippen LogP contribution in [0.1, 0.15) is 19.4 Å². The fraction of sp³-hybridized carbons (Fsp3) is 0.217. The van der Waals surface area contributed by atoms with Crippen molar-refractivity contribution in [3.63, 3.8) is 0 Å². The molecule has 0 aliphatic carbocycles. The summed E-state index contributed by atoms with van der Waals surface area (Å²) in [5, 5.41) is 24.7. The fourth-order valence-corrected chi connectivity index (χ4v) is 3.58. The molecule has 2 atom stereocenters. The number of nitrogens with zero attached hydrogens (tertiary/aromatic N) is 4. The molecule has 1 unspecified atom stereocenters. The zero-order valence-electron chi connectivity index (χ0n) is 18.6. The molecule has 1 heterocycles. The van der Waals surface area contributed by atoms with Crippen molar-refractivity contribution in [2.45, 2.75) is 24.8 Å². The van der Waals surface area contributed by atoms with E-state index in [1.807, 2.05) is 6.92 Å². The van der Waals surface area contributed by atoms with Crippen molar-refractivity contribution in [3.8, 4) is 17.2 Å². The first-order valence-corrected chi connectivity index (χ1v) is 11.6. The lowest BCUT2D eigenvalue weighted by atomic mass is 10.1. The van der Waals surface area contributed by atoms with E-state index in [2.05, 4.69) is 35.8 Å². The second kappa shape index (κ2) is 11.7. The summed E-state index contributed by atoms with van der Waals surface area (Å²) in [5.74, 6) is 0.815. The van der Waals surface area contributed by atoms with Gasteiger partial charge >= 0.3 is 6.09 Å². The van der Waals surface area contributed by atoms with Crippen LogP contribution in [0.3, 0.4) is 0 Å². The minimum absolute atomic E-state index is 0.0872. The molecule has 1 amide bonds. The number of carbonyl (C=O) groups excluding carboxylic acids is 1. The predicted molar refractivity (Wildman–Crippen MR) is 129 cm³/mol. The van der Waals surface area contributed by atoms with Gasteiger partial charge in [0.1, 0.15) is 5.82 Å². The van der Waals surface area contributed by atoms with Gasteiger partial charge in [-0.2, -0.15) is 10.2 Å². The van der Waals surface area contributed by atoms with E-state index in [1.54, 1.807) is 61.7 Å². The Hall–Kier alpha value is -4.01. The minimum Gasteiger partial charge on any atom is -0.448 e. The summed E-state index contributed by atoms with van der Waals surface area (Å²) < 4.78 is 20.4. The highest BCUT2D eigenvalue weighted by Gasteiger charge is 2.12. The van der Waals surface area contributed by atoms with Gasteiger partial charge in [0.05, 0.1) is 35.4 Å². The second-order valence-corrected chi connectivity index (χ2v) is 8.38. The Morgan fingerprint density at radius 1 is 1.24 bits per heavy atom. The zero-order chi connectivity index (χ0) is 24.5. The first-order chi connectivity index (χ1) is 16.4. The van der Waals surface area contributed by atoms with E-state index in [-0.39, 0.29) is 19.3 Å². The smallest absolute Gasteiger partial charge is 0.441 e. The average molecular weight is 481 g/mol. The van der Waals surface area contributed by atoms with Gasteiger partial charge in [-0.05, 0) is 55.8 Å². The Balaban J connectivity index is 1.84. The summed E-state index contributed by atoms with van der Waals surface area (Å²) in [7, 11) is -2.26. The van der Waals surface area contributed by atoms with Crippen LogP contribution in [0, 0.1) is 11.3 Å². The maximum atomic E-state index is 12.2. The lowest BCUT2D eigenvalue weighted by Crippen LogP contribution is -2.21. The van der Waals surface area contributed by atoms with Crippen LogP contribution in [0.4, 0.5) is 22.2 Å². The van der Waals surface area contributed by atoms with E-state index < -0.39 is 16.7 Å². The Morgan fingerprint density at radius 3 is 2.56 bits per heavy atom. The van der Waals surface area contributed by atoms with Crippen molar-refractivity contribution in [1.82, 2.24) is 9.97 Å². The van der Waals surface area contributed by atoms with E-state index in [0.717, 1.165) is 5.56 Å². The van der Waals surface area contributed by atoms with E-state index >= 15 is 0 Å². The molecule has 0 saturated heterocycles. The number of thiol groups is 1. The first kappa shape index (κ1) is 24.6. The van der Waals surface area contributed by atoms with Crippen molar-refractivity contribution >= 4 is 34.1 Å². The van der Waals surface area contributed by atoms with Crippen LogP contribution in [0.25, 0.3) is 11.1 Å². The molecule has 0 bridgehead atoms. The number of benzene rings is 2. The Kier molecular flexibility index (Phi) is 8.50. The molecule has 0 radical (unpaired) electrons. The highest BCUT2D eigenvalue weighted by molar-refractivity contribution is 7.75. The third-order valence-electron chi connectivity index (χ3n) is 4.56. The minimum atomic E-state index is -2.26. The number of hydrogen-bond donors (Lipinski definition) is 4. The molecule has 0 spiro atoms. The second-order valence-electron chi connectivity index (χ2n) is 7.12. The van der Waals surface area contributed by atoms with Gasteiger partial charge in [0.15, 0.2) is 0 Å². The lowest BCUT2D eigenvalue weighted by molar-refractivity contribution is 0.164. The summed E-state index contributed by atoms with van der Waals surface area (Å²) in [5.41, 5.74) is 2.71. The monoisotopic (exact) mass is 480 g/mol. The number of aromatic nitrogens is 2. The molecule has 3 N–H and O–H groups in total. The quantitative estimate of drug-likeness (QED) is 0.354. The van der Waals surface area contributed by atoms with Gasteiger partial charge in [-0.25, -0.2) is 14.0 Å². The molecule has 176 valence electrons. The summed E-state index contributed by atoms with van der Waals surface area (Å²) in [6, 6.07) is 15.4. The maximum absolute atomic E-state index is 12.2. The number of aliphatic hydroxyl groups excluding tert-OH is 1. The van der Waals surface area contributed by atoms with E-state index in [1.165, 1.54) is 0 Å². The van der Waals surface area contributed by atoms with Crippen LogP contribution in [0.2, 0.25) is 0 Å². The standard InChI is InChI=1S/C23H24N6O4S/c1-3-33-23(31)29-34(32)19-10-8-18(9-11-19)27-22-25-13-20(21(28-22)26-15(2)14-30)17-6-4-16(12-24)5-7-17/h4-11,13,15,30,34H,3,14H2,1-2H3,(H2,25,26,27,28)/t15-/m1/s1. The van der Waals surface area contributed by atoms with Crippen LogP contribution in [-0.4, -0.2) is 44.6 Å². The van der Waals surface area contributed by atoms with Crippen molar-refractivity contribution in [2.75, 3.05) is 23.8 Å².